The van der Waals surface area contributed by atoms with Gasteiger partial charge in [-0.1, -0.05) is 19.8 Å². The Bertz CT molecular complexity index is 147. The van der Waals surface area contributed by atoms with Crippen LogP contribution >= 0.6 is 0 Å². The van der Waals surface area contributed by atoms with E-state index in [2.05, 4.69) is 10.1 Å². The topological polar surface area (TPSA) is 55.4 Å². The molecular formula is C8H15NO3. The molecule has 1 N–H and O–H groups in total. The molecule has 70 valence electrons. The van der Waals surface area contributed by atoms with Gasteiger partial charge in [-0.25, -0.2) is 4.79 Å². The zero-order valence-electron chi connectivity index (χ0n) is 7.50. The zero-order chi connectivity index (χ0) is 9.40. The van der Waals surface area contributed by atoms with Crippen LogP contribution in [0.3, 0.4) is 0 Å². The van der Waals surface area contributed by atoms with Crippen LogP contribution in [0.2, 0.25) is 0 Å². The minimum atomic E-state index is -0.553. The number of carbonyl (C=O) groups is 2. The number of alkyl carbamates (subject to hydrolysis) is 1. The minimum Gasteiger partial charge on any atom is -0.453 e. The highest BCUT2D eigenvalue weighted by molar-refractivity contribution is 5.72. The SMILES string of the molecule is CCCCC(C=O)NC(=O)OC. The summed E-state index contributed by atoms with van der Waals surface area (Å²) in [5, 5.41) is 2.42. The normalized spacial score (nSPS) is 11.8. The van der Waals surface area contributed by atoms with Gasteiger partial charge in [-0.05, 0) is 6.42 Å². The highest BCUT2D eigenvalue weighted by Gasteiger charge is 2.09. The van der Waals surface area contributed by atoms with Crippen molar-refractivity contribution in [2.75, 3.05) is 7.11 Å². The Balaban J connectivity index is 3.66. The van der Waals surface area contributed by atoms with Crippen molar-refractivity contribution in [1.29, 1.82) is 0 Å². The number of hydrogen-bond donors (Lipinski definition) is 1. The molecule has 0 aliphatic rings. The molecule has 0 spiro atoms. The standard InChI is InChI=1S/C8H15NO3/c1-3-4-5-7(6-10)9-8(11)12-2/h6-7H,3-5H2,1-2H3,(H,9,11). The van der Waals surface area contributed by atoms with E-state index in [9.17, 15) is 9.59 Å². The molecule has 1 atom stereocenters. The number of aldehydes is 1. The van der Waals surface area contributed by atoms with Crippen LogP contribution in [0.5, 0.6) is 0 Å². The quantitative estimate of drug-likeness (QED) is 0.633. The molecule has 0 heterocycles. The van der Waals surface area contributed by atoms with Crippen LogP contribution in [0.4, 0.5) is 4.79 Å². The number of carbonyl (C=O) groups excluding carboxylic acids is 2. The lowest BCUT2D eigenvalue weighted by atomic mass is 10.1. The van der Waals surface area contributed by atoms with Gasteiger partial charge in [0.25, 0.3) is 0 Å². The molecule has 0 rings (SSSR count). The van der Waals surface area contributed by atoms with Gasteiger partial charge >= 0.3 is 6.09 Å². The molecule has 0 radical (unpaired) electrons. The second-order valence-corrected chi connectivity index (χ2v) is 2.52. The Hall–Kier alpha value is -1.06. The van der Waals surface area contributed by atoms with Gasteiger partial charge in [0.2, 0.25) is 0 Å². The second kappa shape index (κ2) is 6.64. The maximum Gasteiger partial charge on any atom is 0.407 e. The fourth-order valence-corrected chi connectivity index (χ4v) is 0.809. The van der Waals surface area contributed by atoms with E-state index in [4.69, 9.17) is 0 Å². The first kappa shape index (κ1) is 10.9. The third-order valence-electron chi connectivity index (χ3n) is 1.52. The van der Waals surface area contributed by atoms with E-state index in [1.54, 1.807) is 0 Å². The molecule has 0 fully saturated rings. The molecule has 0 aliphatic carbocycles. The van der Waals surface area contributed by atoms with Crippen molar-refractivity contribution in [3.8, 4) is 0 Å². The molecule has 0 aromatic rings. The molecule has 12 heavy (non-hydrogen) atoms. The van der Waals surface area contributed by atoms with Crippen LogP contribution in [0, 0.1) is 0 Å². The highest BCUT2D eigenvalue weighted by atomic mass is 16.5. The number of ether oxygens (including phenoxy) is 1. The Morgan fingerprint density at radius 1 is 1.67 bits per heavy atom. The molecule has 4 heteroatoms. The van der Waals surface area contributed by atoms with Crippen LogP contribution in [0.15, 0.2) is 0 Å². The Kier molecular flexibility index (Phi) is 6.05. The maximum absolute atomic E-state index is 10.7. The lowest BCUT2D eigenvalue weighted by molar-refractivity contribution is -0.109. The van der Waals surface area contributed by atoms with E-state index in [1.807, 2.05) is 6.92 Å². The van der Waals surface area contributed by atoms with Crippen molar-refractivity contribution in [2.45, 2.75) is 32.2 Å². The lowest BCUT2D eigenvalue weighted by Gasteiger charge is -2.10. The predicted octanol–water partition coefficient (Wildman–Crippen LogP) is 1.10. The average molecular weight is 173 g/mol. The maximum atomic E-state index is 10.7. The third kappa shape index (κ3) is 4.71. The van der Waals surface area contributed by atoms with Gasteiger partial charge in [0.15, 0.2) is 0 Å². The van der Waals surface area contributed by atoms with E-state index < -0.39 is 12.1 Å². The Labute approximate surface area is 72.3 Å². The van der Waals surface area contributed by atoms with Crippen molar-refractivity contribution in [3.63, 3.8) is 0 Å². The summed E-state index contributed by atoms with van der Waals surface area (Å²) in [5.74, 6) is 0. The van der Waals surface area contributed by atoms with Crippen molar-refractivity contribution in [2.24, 2.45) is 0 Å². The zero-order valence-corrected chi connectivity index (χ0v) is 7.50. The first-order chi connectivity index (χ1) is 5.74. The monoisotopic (exact) mass is 173 g/mol. The van der Waals surface area contributed by atoms with Gasteiger partial charge in [0, 0.05) is 0 Å². The predicted molar refractivity (Wildman–Crippen MR) is 44.9 cm³/mol. The number of amides is 1. The van der Waals surface area contributed by atoms with Gasteiger partial charge in [-0.15, -0.1) is 0 Å². The summed E-state index contributed by atoms with van der Waals surface area (Å²) in [6, 6.07) is -0.405. The largest absolute Gasteiger partial charge is 0.453 e. The number of unbranched alkanes of at least 4 members (excludes halogenated alkanes) is 1. The van der Waals surface area contributed by atoms with Crippen LogP contribution in [0.1, 0.15) is 26.2 Å². The summed E-state index contributed by atoms with van der Waals surface area (Å²) in [6.07, 6.45) is 2.78. The fraction of sp³-hybridized carbons (Fsp3) is 0.750. The summed E-state index contributed by atoms with van der Waals surface area (Å²) < 4.78 is 4.35. The molecule has 0 aromatic carbocycles. The van der Waals surface area contributed by atoms with Crippen molar-refractivity contribution in [3.05, 3.63) is 0 Å². The van der Waals surface area contributed by atoms with E-state index in [-0.39, 0.29) is 0 Å². The second-order valence-electron chi connectivity index (χ2n) is 2.52. The number of rotatable bonds is 5. The van der Waals surface area contributed by atoms with Crippen LogP contribution in [0.25, 0.3) is 0 Å². The van der Waals surface area contributed by atoms with Crippen LogP contribution in [-0.2, 0) is 9.53 Å². The number of hydrogen-bond acceptors (Lipinski definition) is 3. The summed E-state index contributed by atoms with van der Waals surface area (Å²) in [6.45, 7) is 2.03. The molecule has 1 unspecified atom stereocenters. The van der Waals surface area contributed by atoms with E-state index in [1.165, 1.54) is 7.11 Å². The van der Waals surface area contributed by atoms with Crippen molar-refractivity contribution in [1.82, 2.24) is 5.32 Å². The summed E-state index contributed by atoms with van der Waals surface area (Å²) in [4.78, 5) is 21.0. The minimum absolute atomic E-state index is 0.405. The number of methoxy groups -OCH3 is 1. The smallest absolute Gasteiger partial charge is 0.407 e. The fourth-order valence-electron chi connectivity index (χ4n) is 0.809. The lowest BCUT2D eigenvalue weighted by Crippen LogP contribution is -2.35. The average Bonchev–Trinajstić information content (AvgIpc) is 2.11. The van der Waals surface area contributed by atoms with Crippen molar-refractivity contribution >= 4 is 12.4 Å². The Morgan fingerprint density at radius 2 is 2.33 bits per heavy atom. The molecule has 0 saturated heterocycles. The molecule has 0 aliphatic heterocycles. The van der Waals surface area contributed by atoms with Crippen molar-refractivity contribution < 1.29 is 14.3 Å². The summed E-state index contributed by atoms with van der Waals surface area (Å²) in [5.41, 5.74) is 0. The van der Waals surface area contributed by atoms with Gasteiger partial charge in [-0.2, -0.15) is 0 Å². The first-order valence-electron chi connectivity index (χ1n) is 4.04. The van der Waals surface area contributed by atoms with E-state index in [0.717, 1.165) is 19.1 Å². The van der Waals surface area contributed by atoms with E-state index >= 15 is 0 Å². The van der Waals surface area contributed by atoms with Crippen LogP contribution < -0.4 is 5.32 Å². The Morgan fingerprint density at radius 3 is 2.75 bits per heavy atom. The van der Waals surface area contributed by atoms with E-state index in [0.29, 0.717) is 6.42 Å². The van der Waals surface area contributed by atoms with Gasteiger partial charge in [0.1, 0.15) is 6.29 Å². The summed E-state index contributed by atoms with van der Waals surface area (Å²) in [7, 11) is 1.27. The summed E-state index contributed by atoms with van der Waals surface area (Å²) >= 11 is 0. The number of nitrogens with one attached hydrogen (secondary N) is 1. The molecule has 1 amide bonds. The van der Waals surface area contributed by atoms with Gasteiger partial charge < -0.3 is 14.8 Å². The van der Waals surface area contributed by atoms with Gasteiger partial charge in [-0.3, -0.25) is 0 Å². The van der Waals surface area contributed by atoms with Crippen LogP contribution in [-0.4, -0.2) is 25.5 Å². The molecule has 0 bridgehead atoms. The first-order valence-corrected chi connectivity index (χ1v) is 4.04. The molecule has 0 saturated carbocycles. The third-order valence-corrected chi connectivity index (χ3v) is 1.52. The highest BCUT2D eigenvalue weighted by Crippen LogP contribution is 1.98. The molecular weight excluding hydrogens is 158 g/mol. The van der Waals surface area contributed by atoms with Gasteiger partial charge in [0.05, 0.1) is 13.2 Å². The molecule has 0 aromatic heterocycles. The molecule has 4 nitrogen and oxygen atoms in total.